The number of benzene rings is 2. The molecule has 1 atom stereocenters. The number of likely N-dealkylation sites (tertiary alicyclic amines) is 1. The van der Waals surface area contributed by atoms with Crippen LogP contribution in [0.25, 0.3) is 0 Å². The third-order valence-corrected chi connectivity index (χ3v) is 7.10. The highest BCUT2D eigenvalue weighted by Gasteiger charge is 2.34. The second kappa shape index (κ2) is 10.4. The predicted molar refractivity (Wildman–Crippen MR) is 125 cm³/mol. The molecule has 0 N–H and O–H groups in total. The number of carbonyl (C=O) groups excluding carboxylic acids is 1. The molecule has 1 heterocycles. The minimum Gasteiger partial charge on any atom is -0.367 e. The minimum absolute atomic E-state index is 0.0774. The SMILES string of the molecule is COC(C(=O)N(Cc1ccc(C)cc1)C1CCN(C2CCCC2)CC1)c1ccccc1. The summed E-state index contributed by atoms with van der Waals surface area (Å²) in [6, 6.07) is 19.5. The highest BCUT2D eigenvalue weighted by Crippen LogP contribution is 2.30. The molecule has 1 aliphatic heterocycles. The molecule has 0 aromatic heterocycles. The van der Waals surface area contributed by atoms with Gasteiger partial charge in [0.1, 0.15) is 0 Å². The van der Waals surface area contributed by atoms with Crippen molar-refractivity contribution in [3.8, 4) is 0 Å². The molecule has 4 rings (SSSR count). The van der Waals surface area contributed by atoms with Crippen molar-refractivity contribution in [2.45, 2.75) is 70.2 Å². The molecule has 2 aliphatic rings. The van der Waals surface area contributed by atoms with Crippen LogP contribution >= 0.6 is 0 Å². The summed E-state index contributed by atoms with van der Waals surface area (Å²) >= 11 is 0. The van der Waals surface area contributed by atoms with Gasteiger partial charge >= 0.3 is 0 Å². The molecule has 1 amide bonds. The van der Waals surface area contributed by atoms with E-state index in [-0.39, 0.29) is 11.9 Å². The number of ether oxygens (including phenoxy) is 1. The number of piperidine rings is 1. The Hall–Kier alpha value is -2.17. The molecule has 1 saturated heterocycles. The smallest absolute Gasteiger partial charge is 0.256 e. The zero-order chi connectivity index (χ0) is 21.6. The van der Waals surface area contributed by atoms with Gasteiger partial charge in [0.25, 0.3) is 5.91 Å². The number of hydrogen-bond donors (Lipinski definition) is 0. The average molecular weight is 421 g/mol. The third-order valence-electron chi connectivity index (χ3n) is 7.10. The molecule has 0 bridgehead atoms. The van der Waals surface area contributed by atoms with E-state index in [1.165, 1.54) is 36.8 Å². The average Bonchev–Trinajstić information content (AvgIpc) is 3.35. The van der Waals surface area contributed by atoms with Crippen LogP contribution in [0, 0.1) is 6.92 Å². The zero-order valence-electron chi connectivity index (χ0n) is 19.0. The predicted octanol–water partition coefficient (Wildman–Crippen LogP) is 5.12. The van der Waals surface area contributed by atoms with E-state index in [9.17, 15) is 4.79 Å². The largest absolute Gasteiger partial charge is 0.367 e. The second-order valence-corrected chi connectivity index (χ2v) is 9.18. The Morgan fingerprint density at radius 2 is 1.65 bits per heavy atom. The summed E-state index contributed by atoms with van der Waals surface area (Å²) in [5.74, 6) is 0.0774. The van der Waals surface area contributed by atoms with Crippen LogP contribution in [0.4, 0.5) is 0 Å². The number of hydrogen-bond acceptors (Lipinski definition) is 3. The minimum atomic E-state index is -0.556. The Morgan fingerprint density at radius 3 is 2.26 bits per heavy atom. The number of aryl methyl sites for hydroxylation is 1. The molecule has 1 unspecified atom stereocenters. The van der Waals surface area contributed by atoms with E-state index in [0.717, 1.165) is 37.5 Å². The summed E-state index contributed by atoms with van der Waals surface area (Å²) in [5, 5.41) is 0. The summed E-state index contributed by atoms with van der Waals surface area (Å²) in [7, 11) is 1.64. The lowest BCUT2D eigenvalue weighted by Crippen LogP contribution is -2.50. The van der Waals surface area contributed by atoms with Gasteiger partial charge < -0.3 is 14.5 Å². The van der Waals surface area contributed by atoms with Gasteiger partial charge in [0.15, 0.2) is 6.10 Å². The third kappa shape index (κ3) is 5.36. The summed E-state index contributed by atoms with van der Waals surface area (Å²) < 4.78 is 5.73. The van der Waals surface area contributed by atoms with Crippen molar-refractivity contribution < 1.29 is 9.53 Å². The Morgan fingerprint density at radius 1 is 1.00 bits per heavy atom. The first-order valence-corrected chi connectivity index (χ1v) is 11.8. The number of carbonyl (C=O) groups is 1. The van der Waals surface area contributed by atoms with Gasteiger partial charge in [-0.3, -0.25) is 4.79 Å². The Labute approximate surface area is 187 Å². The normalized spacial score (nSPS) is 19.4. The Balaban J connectivity index is 1.52. The second-order valence-electron chi connectivity index (χ2n) is 9.18. The van der Waals surface area contributed by atoms with E-state index in [1.807, 2.05) is 30.3 Å². The van der Waals surface area contributed by atoms with Crippen LogP contribution in [-0.2, 0) is 16.1 Å². The van der Waals surface area contributed by atoms with Crippen molar-refractivity contribution in [1.29, 1.82) is 0 Å². The van der Waals surface area contributed by atoms with Crippen molar-refractivity contribution in [1.82, 2.24) is 9.80 Å². The number of amides is 1. The van der Waals surface area contributed by atoms with E-state index < -0.39 is 6.10 Å². The van der Waals surface area contributed by atoms with Crippen molar-refractivity contribution >= 4 is 5.91 Å². The number of rotatable bonds is 7. The molecule has 31 heavy (non-hydrogen) atoms. The molecule has 0 radical (unpaired) electrons. The van der Waals surface area contributed by atoms with Crippen LogP contribution in [0.3, 0.4) is 0 Å². The molecule has 1 saturated carbocycles. The molecular formula is C27H36N2O2. The molecule has 4 heteroatoms. The molecule has 2 aromatic carbocycles. The van der Waals surface area contributed by atoms with Crippen molar-refractivity contribution in [2.24, 2.45) is 0 Å². The van der Waals surface area contributed by atoms with Crippen LogP contribution in [0.1, 0.15) is 61.3 Å². The maximum absolute atomic E-state index is 13.8. The van der Waals surface area contributed by atoms with E-state index in [1.54, 1.807) is 7.11 Å². The standard InChI is InChI=1S/C27H36N2O2/c1-21-12-14-22(15-13-21)20-29(27(30)26(31-2)23-8-4-3-5-9-23)25-16-18-28(19-17-25)24-10-6-7-11-24/h3-5,8-9,12-15,24-26H,6-7,10-11,16-20H2,1-2H3. The lowest BCUT2D eigenvalue weighted by molar-refractivity contribution is -0.146. The highest BCUT2D eigenvalue weighted by molar-refractivity contribution is 5.82. The van der Waals surface area contributed by atoms with Gasteiger partial charge in [0.2, 0.25) is 0 Å². The first-order chi connectivity index (χ1) is 15.2. The fourth-order valence-electron chi connectivity index (χ4n) is 5.27. The van der Waals surface area contributed by atoms with Crippen LogP contribution in [-0.4, -0.2) is 48.0 Å². The lowest BCUT2D eigenvalue weighted by atomic mass is 9.98. The van der Waals surface area contributed by atoms with Gasteiger partial charge in [-0.15, -0.1) is 0 Å². The fraction of sp³-hybridized carbons (Fsp3) is 0.519. The highest BCUT2D eigenvalue weighted by atomic mass is 16.5. The Kier molecular flexibility index (Phi) is 7.41. The molecule has 166 valence electrons. The summed E-state index contributed by atoms with van der Waals surface area (Å²) in [4.78, 5) is 18.5. The van der Waals surface area contributed by atoms with Gasteiger partial charge in [0, 0.05) is 38.8 Å². The summed E-state index contributed by atoms with van der Waals surface area (Å²) in [5.41, 5.74) is 3.35. The van der Waals surface area contributed by atoms with E-state index in [2.05, 4.69) is 41.0 Å². The number of nitrogens with zero attached hydrogens (tertiary/aromatic N) is 2. The van der Waals surface area contributed by atoms with E-state index in [0.29, 0.717) is 6.54 Å². The monoisotopic (exact) mass is 420 g/mol. The van der Waals surface area contributed by atoms with Gasteiger partial charge in [-0.2, -0.15) is 0 Å². The van der Waals surface area contributed by atoms with Crippen LogP contribution in [0.2, 0.25) is 0 Å². The first kappa shape index (κ1) is 22.0. The topological polar surface area (TPSA) is 32.8 Å². The van der Waals surface area contributed by atoms with Gasteiger partial charge in [-0.1, -0.05) is 73.0 Å². The maximum atomic E-state index is 13.8. The quantitative estimate of drug-likeness (QED) is 0.623. The van der Waals surface area contributed by atoms with Gasteiger partial charge in [0.05, 0.1) is 0 Å². The van der Waals surface area contributed by atoms with Crippen molar-refractivity contribution in [3.05, 3.63) is 71.3 Å². The first-order valence-electron chi connectivity index (χ1n) is 11.8. The molecule has 1 aliphatic carbocycles. The van der Waals surface area contributed by atoms with Crippen molar-refractivity contribution in [3.63, 3.8) is 0 Å². The van der Waals surface area contributed by atoms with E-state index >= 15 is 0 Å². The van der Waals surface area contributed by atoms with Crippen LogP contribution < -0.4 is 0 Å². The van der Waals surface area contributed by atoms with Crippen LogP contribution in [0.15, 0.2) is 54.6 Å². The molecule has 4 nitrogen and oxygen atoms in total. The molecule has 2 aromatic rings. The van der Waals surface area contributed by atoms with Crippen LogP contribution in [0.5, 0.6) is 0 Å². The summed E-state index contributed by atoms with van der Waals surface area (Å²) in [6.45, 7) is 4.92. The van der Waals surface area contributed by atoms with Gasteiger partial charge in [-0.25, -0.2) is 0 Å². The maximum Gasteiger partial charge on any atom is 0.256 e. The number of methoxy groups -OCH3 is 1. The Bertz CT molecular complexity index is 822. The molecule has 2 fully saturated rings. The molecular weight excluding hydrogens is 384 g/mol. The zero-order valence-corrected chi connectivity index (χ0v) is 19.0. The molecule has 0 spiro atoms. The van der Waals surface area contributed by atoms with Crippen molar-refractivity contribution in [2.75, 3.05) is 20.2 Å². The van der Waals surface area contributed by atoms with Gasteiger partial charge in [-0.05, 0) is 43.7 Å². The summed E-state index contributed by atoms with van der Waals surface area (Å²) in [6.07, 6.45) is 6.95. The van der Waals surface area contributed by atoms with E-state index in [4.69, 9.17) is 4.74 Å². The lowest BCUT2D eigenvalue weighted by Gasteiger charge is -2.41. The fourth-order valence-corrected chi connectivity index (χ4v) is 5.27.